The Bertz CT molecular complexity index is 588. The normalized spacial score (nSPS) is 10.3. The van der Waals surface area contributed by atoms with E-state index >= 15 is 0 Å². The average molecular weight is 297 g/mol. The molecule has 2 aromatic carbocycles. The summed E-state index contributed by atoms with van der Waals surface area (Å²) in [7, 11) is 1.67. The Morgan fingerprint density at radius 1 is 1.00 bits per heavy atom. The monoisotopic (exact) mass is 297 g/mol. The topological polar surface area (TPSA) is 38.3 Å². The van der Waals surface area contributed by atoms with Gasteiger partial charge in [-0.3, -0.25) is 4.79 Å². The molecule has 0 unspecified atom stereocenters. The maximum atomic E-state index is 11.6. The number of unbranched alkanes of at least 4 members (excludes halogenated alkanes) is 1. The number of carbonyl (C=O) groups excluding carboxylic acids is 1. The molecule has 0 saturated carbocycles. The highest BCUT2D eigenvalue weighted by Crippen LogP contribution is 2.22. The SMILES string of the molecule is CCCCC(=O)NCc1ccc(-c2ccc(OC)cc2)cc1. The number of methoxy groups -OCH3 is 1. The van der Waals surface area contributed by atoms with Crippen molar-refractivity contribution in [1.29, 1.82) is 0 Å². The molecule has 3 heteroatoms. The molecule has 0 atom stereocenters. The van der Waals surface area contributed by atoms with Crippen LogP contribution in [0.5, 0.6) is 5.75 Å². The molecule has 3 nitrogen and oxygen atoms in total. The third-order valence-electron chi connectivity index (χ3n) is 3.62. The van der Waals surface area contributed by atoms with E-state index in [1.165, 1.54) is 0 Å². The lowest BCUT2D eigenvalue weighted by atomic mass is 10.0. The molecular weight excluding hydrogens is 274 g/mol. The Hall–Kier alpha value is -2.29. The van der Waals surface area contributed by atoms with Crippen molar-refractivity contribution in [2.75, 3.05) is 7.11 Å². The molecule has 0 fully saturated rings. The van der Waals surface area contributed by atoms with Gasteiger partial charge in [-0.1, -0.05) is 49.7 Å². The van der Waals surface area contributed by atoms with Gasteiger partial charge in [0.2, 0.25) is 5.91 Å². The molecule has 22 heavy (non-hydrogen) atoms. The zero-order valence-electron chi connectivity index (χ0n) is 13.3. The summed E-state index contributed by atoms with van der Waals surface area (Å²) in [5.41, 5.74) is 3.42. The van der Waals surface area contributed by atoms with Crippen molar-refractivity contribution in [2.24, 2.45) is 0 Å². The molecule has 0 aromatic heterocycles. The first-order valence-electron chi connectivity index (χ1n) is 7.73. The van der Waals surface area contributed by atoms with Crippen LogP contribution in [0.4, 0.5) is 0 Å². The first-order valence-corrected chi connectivity index (χ1v) is 7.73. The molecule has 0 bridgehead atoms. The van der Waals surface area contributed by atoms with Crippen LogP contribution in [-0.2, 0) is 11.3 Å². The van der Waals surface area contributed by atoms with Gasteiger partial charge >= 0.3 is 0 Å². The predicted octanol–water partition coefficient (Wildman–Crippen LogP) is 4.17. The number of rotatable bonds is 7. The fourth-order valence-electron chi connectivity index (χ4n) is 2.22. The van der Waals surface area contributed by atoms with E-state index in [0.29, 0.717) is 13.0 Å². The highest BCUT2D eigenvalue weighted by Gasteiger charge is 2.02. The number of hydrogen-bond acceptors (Lipinski definition) is 2. The number of hydrogen-bond donors (Lipinski definition) is 1. The minimum Gasteiger partial charge on any atom is -0.497 e. The lowest BCUT2D eigenvalue weighted by Crippen LogP contribution is -2.22. The van der Waals surface area contributed by atoms with E-state index in [2.05, 4.69) is 36.5 Å². The Balaban J connectivity index is 1.93. The quantitative estimate of drug-likeness (QED) is 0.833. The minimum absolute atomic E-state index is 0.126. The Morgan fingerprint density at radius 2 is 1.59 bits per heavy atom. The van der Waals surface area contributed by atoms with E-state index in [9.17, 15) is 4.79 Å². The van der Waals surface area contributed by atoms with Crippen molar-refractivity contribution in [3.63, 3.8) is 0 Å². The maximum Gasteiger partial charge on any atom is 0.220 e. The fraction of sp³-hybridized carbons (Fsp3) is 0.316. The molecule has 0 aliphatic heterocycles. The van der Waals surface area contributed by atoms with E-state index < -0.39 is 0 Å². The molecule has 0 aliphatic rings. The zero-order chi connectivity index (χ0) is 15.8. The van der Waals surface area contributed by atoms with Gasteiger partial charge in [0, 0.05) is 13.0 Å². The summed E-state index contributed by atoms with van der Waals surface area (Å²) in [6.07, 6.45) is 2.60. The van der Waals surface area contributed by atoms with Crippen LogP contribution in [0.25, 0.3) is 11.1 Å². The second-order valence-electron chi connectivity index (χ2n) is 5.31. The third kappa shape index (κ3) is 4.62. The van der Waals surface area contributed by atoms with E-state index in [1.807, 2.05) is 24.3 Å². The molecular formula is C19H23NO2. The van der Waals surface area contributed by atoms with Crippen molar-refractivity contribution in [1.82, 2.24) is 5.32 Å². The Labute approximate surface area is 132 Å². The van der Waals surface area contributed by atoms with Crippen LogP contribution in [0.15, 0.2) is 48.5 Å². The van der Waals surface area contributed by atoms with Gasteiger partial charge in [-0.25, -0.2) is 0 Å². The lowest BCUT2D eigenvalue weighted by Gasteiger charge is -2.07. The van der Waals surface area contributed by atoms with Gasteiger partial charge in [0.1, 0.15) is 5.75 Å². The van der Waals surface area contributed by atoms with E-state index in [1.54, 1.807) is 7.11 Å². The van der Waals surface area contributed by atoms with Crippen molar-refractivity contribution in [3.05, 3.63) is 54.1 Å². The summed E-state index contributed by atoms with van der Waals surface area (Å²) in [6, 6.07) is 16.3. The standard InChI is InChI=1S/C19H23NO2/c1-3-4-5-19(21)20-14-15-6-8-16(9-7-15)17-10-12-18(22-2)13-11-17/h6-13H,3-5,14H2,1-2H3,(H,20,21). The maximum absolute atomic E-state index is 11.6. The second-order valence-corrected chi connectivity index (χ2v) is 5.31. The van der Waals surface area contributed by atoms with Gasteiger partial charge in [-0.15, -0.1) is 0 Å². The van der Waals surface area contributed by atoms with Crippen molar-refractivity contribution in [3.8, 4) is 16.9 Å². The van der Waals surface area contributed by atoms with Crippen LogP contribution >= 0.6 is 0 Å². The molecule has 0 spiro atoms. The number of benzene rings is 2. The summed E-state index contributed by atoms with van der Waals surface area (Å²) in [6.45, 7) is 2.68. The van der Waals surface area contributed by atoms with Crippen LogP contribution in [0, 0.1) is 0 Å². The van der Waals surface area contributed by atoms with Crippen molar-refractivity contribution in [2.45, 2.75) is 32.7 Å². The molecule has 0 saturated heterocycles. The lowest BCUT2D eigenvalue weighted by molar-refractivity contribution is -0.121. The minimum atomic E-state index is 0.126. The van der Waals surface area contributed by atoms with E-state index in [4.69, 9.17) is 4.74 Å². The number of carbonyl (C=O) groups is 1. The molecule has 0 radical (unpaired) electrons. The smallest absolute Gasteiger partial charge is 0.220 e. The first kappa shape index (κ1) is 16.1. The average Bonchev–Trinajstić information content (AvgIpc) is 2.58. The highest BCUT2D eigenvalue weighted by atomic mass is 16.5. The van der Waals surface area contributed by atoms with Gasteiger partial charge in [-0.2, -0.15) is 0 Å². The largest absolute Gasteiger partial charge is 0.497 e. The molecule has 2 aromatic rings. The highest BCUT2D eigenvalue weighted by molar-refractivity contribution is 5.75. The van der Waals surface area contributed by atoms with E-state index in [-0.39, 0.29) is 5.91 Å². The van der Waals surface area contributed by atoms with Gasteiger partial charge in [0.15, 0.2) is 0 Å². The molecule has 0 heterocycles. The van der Waals surface area contributed by atoms with Crippen LogP contribution in [-0.4, -0.2) is 13.0 Å². The van der Waals surface area contributed by atoms with Crippen LogP contribution in [0.3, 0.4) is 0 Å². The molecule has 1 N–H and O–H groups in total. The number of amides is 1. The summed E-state index contributed by atoms with van der Waals surface area (Å²) < 4.78 is 5.17. The number of ether oxygens (including phenoxy) is 1. The molecule has 116 valence electrons. The van der Waals surface area contributed by atoms with E-state index in [0.717, 1.165) is 35.3 Å². The summed E-state index contributed by atoms with van der Waals surface area (Å²) in [5, 5.41) is 2.95. The second kappa shape index (κ2) is 8.23. The van der Waals surface area contributed by atoms with Crippen LogP contribution in [0.2, 0.25) is 0 Å². The van der Waals surface area contributed by atoms with Gasteiger partial charge in [0.25, 0.3) is 0 Å². The number of nitrogens with one attached hydrogen (secondary N) is 1. The Kier molecular flexibility index (Phi) is 6.01. The molecule has 2 rings (SSSR count). The zero-order valence-corrected chi connectivity index (χ0v) is 13.3. The Morgan fingerprint density at radius 3 is 2.14 bits per heavy atom. The molecule has 1 amide bonds. The van der Waals surface area contributed by atoms with Gasteiger partial charge in [-0.05, 0) is 35.2 Å². The van der Waals surface area contributed by atoms with Gasteiger partial charge in [0.05, 0.1) is 7.11 Å². The first-order chi connectivity index (χ1) is 10.7. The van der Waals surface area contributed by atoms with Crippen molar-refractivity contribution < 1.29 is 9.53 Å². The fourth-order valence-corrected chi connectivity index (χ4v) is 2.22. The van der Waals surface area contributed by atoms with Crippen molar-refractivity contribution >= 4 is 5.91 Å². The third-order valence-corrected chi connectivity index (χ3v) is 3.62. The van der Waals surface area contributed by atoms with Gasteiger partial charge < -0.3 is 10.1 Å². The van der Waals surface area contributed by atoms with Crippen LogP contribution < -0.4 is 10.1 Å². The van der Waals surface area contributed by atoms with Crippen LogP contribution in [0.1, 0.15) is 31.7 Å². The summed E-state index contributed by atoms with van der Waals surface area (Å²) in [5.74, 6) is 0.983. The molecule has 0 aliphatic carbocycles. The summed E-state index contributed by atoms with van der Waals surface area (Å²) >= 11 is 0. The summed E-state index contributed by atoms with van der Waals surface area (Å²) in [4.78, 5) is 11.6. The predicted molar refractivity (Wildman–Crippen MR) is 89.8 cm³/mol.